The van der Waals surface area contributed by atoms with Gasteiger partial charge in [0, 0.05) is 19.3 Å². The van der Waals surface area contributed by atoms with Gasteiger partial charge in [0.05, 0.1) is 18.1 Å². The highest BCUT2D eigenvalue weighted by molar-refractivity contribution is 5.78. The largest absolute Gasteiger partial charge is 0.435 e. The molecule has 5 rings (SSSR count). The molecular weight excluding hydrogens is 476 g/mol. The lowest BCUT2D eigenvalue weighted by Gasteiger charge is -2.37. The maximum atomic E-state index is 12.8. The van der Waals surface area contributed by atoms with Crippen molar-refractivity contribution in [3.05, 3.63) is 0 Å². The zero-order valence-corrected chi connectivity index (χ0v) is 24.8. The average molecular weight is 531 g/mol. The molecule has 0 unspecified atom stereocenters. The van der Waals surface area contributed by atoms with Crippen LogP contribution in [0.5, 0.6) is 0 Å². The van der Waals surface area contributed by atoms with Crippen LogP contribution in [0.25, 0.3) is 0 Å². The minimum Gasteiger partial charge on any atom is -0.435 e. The van der Waals surface area contributed by atoms with Crippen LogP contribution in [0.2, 0.25) is 0 Å². The van der Waals surface area contributed by atoms with Gasteiger partial charge in [-0.1, -0.05) is 85.5 Å². The van der Waals surface area contributed by atoms with Gasteiger partial charge in [-0.2, -0.15) is 0 Å². The van der Waals surface area contributed by atoms with Crippen LogP contribution in [0.3, 0.4) is 0 Å². The second kappa shape index (κ2) is 11.1. The fourth-order valence-electron chi connectivity index (χ4n) is 9.22. The van der Waals surface area contributed by atoms with Gasteiger partial charge in [0.15, 0.2) is 0 Å². The molecule has 0 bridgehead atoms. The summed E-state index contributed by atoms with van der Waals surface area (Å²) < 4.78 is 18.6. The van der Waals surface area contributed by atoms with Gasteiger partial charge in [-0.05, 0) is 61.2 Å². The predicted molar refractivity (Wildman–Crippen MR) is 149 cm³/mol. The highest BCUT2D eigenvalue weighted by Crippen LogP contribution is 2.88. The first-order chi connectivity index (χ1) is 18.2. The number of unbranched alkanes of at least 4 members (excludes halogenated alkanes) is 10. The summed E-state index contributed by atoms with van der Waals surface area (Å²) >= 11 is 0. The summed E-state index contributed by atoms with van der Waals surface area (Å²) in [5, 5.41) is 0. The van der Waals surface area contributed by atoms with Gasteiger partial charge in [0.1, 0.15) is 11.4 Å². The van der Waals surface area contributed by atoms with E-state index in [0.717, 1.165) is 19.3 Å². The summed E-state index contributed by atoms with van der Waals surface area (Å²) in [5.41, 5.74) is 0.162. The van der Waals surface area contributed by atoms with E-state index in [4.69, 9.17) is 14.2 Å². The molecule has 5 heteroatoms. The summed E-state index contributed by atoms with van der Waals surface area (Å²) in [4.78, 5) is 25.0. The number of hydrogen-bond acceptors (Lipinski definition) is 5. The lowest BCUT2D eigenvalue weighted by Crippen LogP contribution is -2.46. The summed E-state index contributed by atoms with van der Waals surface area (Å²) in [7, 11) is 0. The number of hydrogen-bond donors (Lipinski definition) is 0. The SMILES string of the molecule is CCCCCCCCCCCCC(=O)CCCCC(=O)O[C@H]1OC[C@]23O[C@H]2[C@@H]2CC(C)(C)C[C@@H]2[C@]2(C)C[C@]123. The molecular formula is C33H54O5. The molecule has 0 aromatic carbocycles. The van der Waals surface area contributed by atoms with Gasteiger partial charge in [-0.3, -0.25) is 9.59 Å². The molecule has 2 aliphatic heterocycles. The molecule has 3 saturated carbocycles. The number of ketones is 1. The van der Waals surface area contributed by atoms with E-state index in [0.29, 0.717) is 55.3 Å². The van der Waals surface area contributed by atoms with Crippen molar-refractivity contribution in [3.8, 4) is 0 Å². The first kappa shape index (κ1) is 28.6. The topological polar surface area (TPSA) is 65.1 Å². The first-order valence-electron chi connectivity index (χ1n) is 16.2. The molecule has 2 spiro atoms. The molecule has 3 aliphatic carbocycles. The zero-order chi connectivity index (χ0) is 27.0. The normalized spacial score (nSPS) is 39.2. The molecule has 5 fully saturated rings. The number of carbonyl (C=O) groups excluding carboxylic acids is 2. The van der Waals surface area contributed by atoms with E-state index in [1.165, 1.54) is 70.6 Å². The molecule has 2 saturated heterocycles. The second-order valence-corrected chi connectivity index (χ2v) is 14.6. The smallest absolute Gasteiger partial charge is 0.308 e. The summed E-state index contributed by atoms with van der Waals surface area (Å²) in [6, 6.07) is 0. The highest BCUT2D eigenvalue weighted by atomic mass is 16.7. The molecule has 216 valence electrons. The van der Waals surface area contributed by atoms with Gasteiger partial charge in [-0.25, -0.2) is 0 Å². The number of rotatable bonds is 17. The Hall–Kier alpha value is -0.940. The van der Waals surface area contributed by atoms with Crippen molar-refractivity contribution in [1.29, 1.82) is 0 Å². The lowest BCUT2D eigenvalue weighted by molar-refractivity contribution is -0.182. The molecule has 0 aromatic rings. The van der Waals surface area contributed by atoms with Crippen molar-refractivity contribution in [3.63, 3.8) is 0 Å². The van der Waals surface area contributed by atoms with E-state index < -0.39 is 6.29 Å². The van der Waals surface area contributed by atoms with Gasteiger partial charge in [0.25, 0.3) is 0 Å². The van der Waals surface area contributed by atoms with Gasteiger partial charge < -0.3 is 14.2 Å². The summed E-state index contributed by atoms with van der Waals surface area (Å²) in [6.45, 7) is 10.0. The standard InChI is InChI=1S/C33H54O5/c1-5-6-7-8-9-10-11-12-13-14-17-24(34)18-15-16-19-27(35)37-29-32-22-31(32,4)26-21-30(2,3)20-25(26)28-33(32,38-28)23-36-29/h25-26,28-29H,5-23H2,1-4H3/t25-,26+,28+,29-,31+,32+,33+/m1/s1. The van der Waals surface area contributed by atoms with Crippen LogP contribution < -0.4 is 0 Å². The Kier molecular flexibility index (Phi) is 8.38. The van der Waals surface area contributed by atoms with Crippen LogP contribution in [0.1, 0.15) is 143 Å². The van der Waals surface area contributed by atoms with Gasteiger partial charge in [-0.15, -0.1) is 0 Å². The van der Waals surface area contributed by atoms with Crippen molar-refractivity contribution in [2.75, 3.05) is 6.61 Å². The number of fused-ring (bicyclic) bond motifs is 3. The van der Waals surface area contributed by atoms with Gasteiger partial charge in [0.2, 0.25) is 6.29 Å². The number of esters is 1. The van der Waals surface area contributed by atoms with E-state index in [1.807, 2.05) is 0 Å². The fourth-order valence-corrected chi connectivity index (χ4v) is 9.22. The van der Waals surface area contributed by atoms with Crippen molar-refractivity contribution in [2.45, 2.75) is 161 Å². The third-order valence-electron chi connectivity index (χ3n) is 11.3. The Labute approximate surface area is 231 Å². The van der Waals surface area contributed by atoms with Crippen molar-refractivity contribution < 1.29 is 23.8 Å². The molecule has 0 radical (unpaired) electrons. The maximum Gasteiger partial charge on any atom is 0.308 e. The van der Waals surface area contributed by atoms with E-state index in [2.05, 4.69) is 27.7 Å². The molecule has 38 heavy (non-hydrogen) atoms. The number of carbonyl (C=O) groups is 2. The molecule has 0 N–H and O–H groups in total. The first-order valence-corrected chi connectivity index (χ1v) is 16.2. The zero-order valence-electron chi connectivity index (χ0n) is 24.8. The average Bonchev–Trinajstić information content (AvgIpc) is 3.69. The molecule has 5 nitrogen and oxygen atoms in total. The number of ether oxygens (including phenoxy) is 3. The molecule has 5 aliphatic rings. The van der Waals surface area contributed by atoms with E-state index in [-0.39, 0.29) is 28.5 Å². The van der Waals surface area contributed by atoms with Crippen LogP contribution in [0, 0.1) is 28.1 Å². The minimum atomic E-state index is -0.465. The van der Waals surface area contributed by atoms with Crippen LogP contribution in [-0.2, 0) is 23.8 Å². The van der Waals surface area contributed by atoms with Crippen LogP contribution in [0.4, 0.5) is 0 Å². The third-order valence-corrected chi connectivity index (χ3v) is 11.3. The fraction of sp³-hybridized carbons (Fsp3) is 0.939. The Balaban J connectivity index is 0.951. The predicted octanol–water partition coefficient (Wildman–Crippen LogP) is 7.93. The molecule has 0 amide bonds. The Morgan fingerprint density at radius 3 is 2.11 bits per heavy atom. The Morgan fingerprint density at radius 2 is 1.42 bits per heavy atom. The second-order valence-electron chi connectivity index (χ2n) is 14.6. The lowest BCUT2D eigenvalue weighted by atomic mass is 9.64. The monoisotopic (exact) mass is 530 g/mol. The van der Waals surface area contributed by atoms with Crippen molar-refractivity contribution in [1.82, 2.24) is 0 Å². The van der Waals surface area contributed by atoms with Crippen LogP contribution >= 0.6 is 0 Å². The number of epoxide rings is 1. The quantitative estimate of drug-likeness (QED) is 0.109. The Morgan fingerprint density at radius 1 is 0.816 bits per heavy atom. The summed E-state index contributed by atoms with van der Waals surface area (Å²) in [6.07, 6.45) is 19.4. The maximum absolute atomic E-state index is 12.8. The van der Waals surface area contributed by atoms with E-state index in [1.54, 1.807) is 0 Å². The third kappa shape index (κ3) is 5.13. The Bertz CT molecular complexity index is 867. The minimum absolute atomic E-state index is 0.146. The molecule has 2 heterocycles. The number of Topliss-reactive ketones (excluding diaryl/α,β-unsaturated/α-hetero) is 1. The van der Waals surface area contributed by atoms with Crippen molar-refractivity contribution >= 4 is 11.8 Å². The highest BCUT2D eigenvalue weighted by Gasteiger charge is 2.95. The molecule has 7 atom stereocenters. The van der Waals surface area contributed by atoms with Gasteiger partial charge >= 0.3 is 5.97 Å². The summed E-state index contributed by atoms with van der Waals surface area (Å²) in [5.74, 6) is 1.44. The van der Waals surface area contributed by atoms with E-state index in [9.17, 15) is 9.59 Å². The van der Waals surface area contributed by atoms with Crippen LogP contribution in [0.15, 0.2) is 0 Å². The van der Waals surface area contributed by atoms with Crippen LogP contribution in [-0.4, -0.2) is 36.4 Å². The van der Waals surface area contributed by atoms with E-state index >= 15 is 0 Å². The van der Waals surface area contributed by atoms with Crippen molar-refractivity contribution in [2.24, 2.45) is 28.1 Å². The molecule has 0 aromatic heterocycles.